The van der Waals surface area contributed by atoms with Crippen molar-refractivity contribution < 1.29 is 10.0 Å². The molecule has 0 spiro atoms. The first-order valence-corrected chi connectivity index (χ1v) is 5.87. The lowest BCUT2D eigenvalue weighted by Gasteiger charge is -2.14. The molecule has 0 bridgehead atoms. The van der Waals surface area contributed by atoms with E-state index in [9.17, 15) is 4.79 Å². The van der Waals surface area contributed by atoms with Crippen LogP contribution in [0.4, 0.5) is 0 Å². The van der Waals surface area contributed by atoms with Gasteiger partial charge in [-0.15, -0.1) is 0 Å². The number of nitrogens with one attached hydrogen (secondary N) is 1. The Labute approximate surface area is 97.1 Å². The van der Waals surface area contributed by atoms with Crippen molar-refractivity contribution in [1.29, 1.82) is 0 Å². The molecule has 0 aromatic rings. The maximum Gasteiger partial charge on any atom is 0.227 e. The Bertz CT molecular complexity index is 229. The number of oxime groups is 1. The quantitative estimate of drug-likeness (QED) is 0.255. The van der Waals surface area contributed by atoms with E-state index in [0.717, 1.165) is 12.8 Å². The third-order valence-electron chi connectivity index (χ3n) is 2.60. The van der Waals surface area contributed by atoms with Crippen LogP contribution < -0.4 is 11.1 Å². The summed E-state index contributed by atoms with van der Waals surface area (Å²) in [5.74, 6) is 0.278. The summed E-state index contributed by atoms with van der Waals surface area (Å²) in [5, 5.41) is 13.9. The second-order valence-electron chi connectivity index (χ2n) is 3.99. The topological polar surface area (TPSA) is 87.7 Å². The molecule has 5 heteroatoms. The molecule has 1 atom stereocenters. The summed E-state index contributed by atoms with van der Waals surface area (Å²) in [6.45, 7) is 4.95. The van der Waals surface area contributed by atoms with Crippen LogP contribution in [0.2, 0.25) is 0 Å². The summed E-state index contributed by atoms with van der Waals surface area (Å²) in [7, 11) is 0. The SMILES string of the molecule is CCCCC(CC)CNC(=O)CC(N)=NO. The Morgan fingerprint density at radius 1 is 1.50 bits per heavy atom. The third-order valence-corrected chi connectivity index (χ3v) is 2.60. The van der Waals surface area contributed by atoms with E-state index >= 15 is 0 Å². The predicted octanol–water partition coefficient (Wildman–Crippen LogP) is 1.46. The summed E-state index contributed by atoms with van der Waals surface area (Å²) < 4.78 is 0. The normalized spacial score (nSPS) is 13.5. The fraction of sp³-hybridized carbons (Fsp3) is 0.818. The summed E-state index contributed by atoms with van der Waals surface area (Å²) in [4.78, 5) is 11.3. The largest absolute Gasteiger partial charge is 0.409 e. The van der Waals surface area contributed by atoms with Gasteiger partial charge in [-0.05, 0) is 12.3 Å². The van der Waals surface area contributed by atoms with E-state index in [-0.39, 0.29) is 18.2 Å². The average molecular weight is 229 g/mol. The van der Waals surface area contributed by atoms with E-state index in [4.69, 9.17) is 10.9 Å². The van der Waals surface area contributed by atoms with Gasteiger partial charge in [0.15, 0.2) is 0 Å². The van der Waals surface area contributed by atoms with Crippen molar-refractivity contribution in [2.24, 2.45) is 16.8 Å². The number of carbonyl (C=O) groups excluding carboxylic acids is 1. The lowest BCUT2D eigenvalue weighted by Crippen LogP contribution is -2.32. The molecule has 0 aromatic heterocycles. The Hall–Kier alpha value is -1.26. The summed E-state index contributed by atoms with van der Waals surface area (Å²) in [6, 6.07) is 0. The third kappa shape index (κ3) is 7.09. The number of amidine groups is 1. The zero-order valence-corrected chi connectivity index (χ0v) is 10.2. The lowest BCUT2D eigenvalue weighted by atomic mass is 9.99. The lowest BCUT2D eigenvalue weighted by molar-refractivity contribution is -0.120. The van der Waals surface area contributed by atoms with E-state index in [2.05, 4.69) is 24.3 Å². The van der Waals surface area contributed by atoms with Crippen molar-refractivity contribution in [3.8, 4) is 0 Å². The van der Waals surface area contributed by atoms with Gasteiger partial charge in [-0.3, -0.25) is 4.79 Å². The van der Waals surface area contributed by atoms with Crippen LogP contribution in [0.25, 0.3) is 0 Å². The van der Waals surface area contributed by atoms with Gasteiger partial charge in [0.1, 0.15) is 5.84 Å². The number of rotatable bonds is 8. The number of unbranched alkanes of at least 4 members (excludes halogenated alkanes) is 1. The molecule has 0 aliphatic rings. The Morgan fingerprint density at radius 2 is 2.19 bits per heavy atom. The second-order valence-corrected chi connectivity index (χ2v) is 3.99. The van der Waals surface area contributed by atoms with Crippen LogP contribution in [-0.2, 0) is 4.79 Å². The summed E-state index contributed by atoms with van der Waals surface area (Å²) in [5.41, 5.74) is 5.23. The van der Waals surface area contributed by atoms with Crippen LogP contribution in [-0.4, -0.2) is 23.5 Å². The van der Waals surface area contributed by atoms with E-state index in [1.54, 1.807) is 0 Å². The predicted molar refractivity (Wildman–Crippen MR) is 64.3 cm³/mol. The van der Waals surface area contributed by atoms with Gasteiger partial charge in [0.05, 0.1) is 6.42 Å². The highest BCUT2D eigenvalue weighted by molar-refractivity contribution is 5.98. The second kappa shape index (κ2) is 9.00. The van der Waals surface area contributed by atoms with Crippen LogP contribution in [0.15, 0.2) is 5.16 Å². The summed E-state index contributed by atoms with van der Waals surface area (Å²) in [6.07, 6.45) is 4.52. The highest BCUT2D eigenvalue weighted by atomic mass is 16.4. The monoisotopic (exact) mass is 229 g/mol. The zero-order valence-electron chi connectivity index (χ0n) is 10.2. The van der Waals surface area contributed by atoms with E-state index in [1.807, 2.05) is 0 Å². The van der Waals surface area contributed by atoms with Crippen LogP contribution in [0.5, 0.6) is 0 Å². The Balaban J connectivity index is 3.79. The van der Waals surface area contributed by atoms with Crippen molar-refractivity contribution in [2.45, 2.75) is 46.0 Å². The number of hydrogen-bond acceptors (Lipinski definition) is 3. The first-order chi connectivity index (χ1) is 7.63. The number of nitrogens with zero attached hydrogens (tertiary/aromatic N) is 1. The molecule has 5 nitrogen and oxygen atoms in total. The zero-order chi connectivity index (χ0) is 12.4. The molecule has 16 heavy (non-hydrogen) atoms. The highest BCUT2D eigenvalue weighted by Gasteiger charge is 2.09. The van der Waals surface area contributed by atoms with Gasteiger partial charge >= 0.3 is 0 Å². The van der Waals surface area contributed by atoms with E-state index in [1.165, 1.54) is 12.8 Å². The van der Waals surface area contributed by atoms with Crippen molar-refractivity contribution in [2.75, 3.05) is 6.54 Å². The molecule has 94 valence electrons. The van der Waals surface area contributed by atoms with E-state index in [0.29, 0.717) is 12.5 Å². The number of nitrogens with two attached hydrogens (primary N) is 1. The Morgan fingerprint density at radius 3 is 2.69 bits per heavy atom. The molecule has 1 amide bonds. The number of hydrogen-bond donors (Lipinski definition) is 3. The number of carbonyl (C=O) groups is 1. The molecule has 4 N–H and O–H groups in total. The first kappa shape index (κ1) is 14.7. The Kier molecular flexibility index (Phi) is 8.29. The van der Waals surface area contributed by atoms with Gasteiger partial charge in [-0.25, -0.2) is 0 Å². The minimum absolute atomic E-state index is 0.0410. The van der Waals surface area contributed by atoms with Gasteiger partial charge in [-0.1, -0.05) is 38.3 Å². The van der Waals surface area contributed by atoms with Crippen LogP contribution >= 0.6 is 0 Å². The molecule has 0 saturated carbocycles. The highest BCUT2D eigenvalue weighted by Crippen LogP contribution is 2.11. The smallest absolute Gasteiger partial charge is 0.227 e. The van der Waals surface area contributed by atoms with Crippen LogP contribution in [0.1, 0.15) is 46.0 Å². The summed E-state index contributed by atoms with van der Waals surface area (Å²) >= 11 is 0. The molecule has 0 aliphatic carbocycles. The minimum atomic E-state index is -0.190. The van der Waals surface area contributed by atoms with Gasteiger partial charge in [-0.2, -0.15) is 0 Å². The fourth-order valence-electron chi connectivity index (χ4n) is 1.46. The molecule has 0 aliphatic heterocycles. The van der Waals surface area contributed by atoms with Gasteiger partial charge in [0.2, 0.25) is 5.91 Å². The van der Waals surface area contributed by atoms with Crippen molar-refractivity contribution in [3.05, 3.63) is 0 Å². The van der Waals surface area contributed by atoms with Crippen LogP contribution in [0.3, 0.4) is 0 Å². The van der Waals surface area contributed by atoms with E-state index < -0.39 is 0 Å². The fourth-order valence-corrected chi connectivity index (χ4v) is 1.46. The minimum Gasteiger partial charge on any atom is -0.409 e. The van der Waals surface area contributed by atoms with Gasteiger partial charge < -0.3 is 16.3 Å². The first-order valence-electron chi connectivity index (χ1n) is 5.87. The molecule has 0 rings (SSSR count). The molecule has 0 aromatic carbocycles. The molecule has 0 radical (unpaired) electrons. The van der Waals surface area contributed by atoms with Gasteiger partial charge in [0, 0.05) is 6.54 Å². The molecule has 0 fully saturated rings. The standard InChI is InChI=1S/C11H23N3O2/c1-3-5-6-9(4-2)8-13-11(15)7-10(12)14-16/h9,16H,3-8H2,1-2H3,(H2,12,14)(H,13,15). The van der Waals surface area contributed by atoms with Crippen LogP contribution in [0, 0.1) is 5.92 Å². The molecule has 0 heterocycles. The average Bonchev–Trinajstić information content (AvgIpc) is 2.29. The molecule has 0 saturated heterocycles. The maximum atomic E-state index is 11.3. The van der Waals surface area contributed by atoms with Crippen molar-refractivity contribution >= 4 is 11.7 Å². The molecular formula is C11H23N3O2. The maximum absolute atomic E-state index is 11.3. The van der Waals surface area contributed by atoms with Crippen molar-refractivity contribution in [1.82, 2.24) is 5.32 Å². The number of amides is 1. The van der Waals surface area contributed by atoms with Crippen molar-refractivity contribution in [3.63, 3.8) is 0 Å². The molecular weight excluding hydrogens is 206 g/mol. The molecule has 1 unspecified atom stereocenters. The van der Waals surface area contributed by atoms with Gasteiger partial charge in [0.25, 0.3) is 0 Å².